The fourth-order valence-corrected chi connectivity index (χ4v) is 2.62. The van der Waals surface area contributed by atoms with Gasteiger partial charge in [0.2, 0.25) is 0 Å². The number of fused-ring (bicyclic) bond motifs is 1. The van der Waals surface area contributed by atoms with Gasteiger partial charge < -0.3 is 5.32 Å². The topological polar surface area (TPSA) is 68.9 Å². The minimum absolute atomic E-state index is 0.0411. The number of rotatable bonds is 4. The van der Waals surface area contributed by atoms with Gasteiger partial charge in [0.25, 0.3) is 5.91 Å². The SMILES string of the molecule is Cn1c(=O)n(C)c2cc(CCNC(=O)c3ccccn3)ccc21. The van der Waals surface area contributed by atoms with Crippen molar-refractivity contribution in [3.63, 3.8) is 0 Å². The molecule has 0 aliphatic heterocycles. The van der Waals surface area contributed by atoms with E-state index in [4.69, 9.17) is 0 Å². The third-order valence-corrected chi connectivity index (χ3v) is 3.93. The van der Waals surface area contributed by atoms with Crippen LogP contribution < -0.4 is 11.0 Å². The first kappa shape index (κ1) is 15.0. The Labute approximate surface area is 133 Å². The maximum absolute atomic E-state index is 11.9. The summed E-state index contributed by atoms with van der Waals surface area (Å²) in [6, 6.07) is 11.1. The summed E-state index contributed by atoms with van der Waals surface area (Å²) in [5, 5.41) is 2.85. The lowest BCUT2D eigenvalue weighted by molar-refractivity contribution is 0.0949. The molecule has 6 heteroatoms. The molecule has 1 amide bonds. The van der Waals surface area contributed by atoms with E-state index in [-0.39, 0.29) is 11.6 Å². The lowest BCUT2D eigenvalue weighted by atomic mass is 10.1. The Morgan fingerprint density at radius 3 is 2.65 bits per heavy atom. The molecule has 6 nitrogen and oxygen atoms in total. The van der Waals surface area contributed by atoms with Crippen molar-refractivity contribution in [1.29, 1.82) is 0 Å². The Bertz CT molecular complexity index is 909. The summed E-state index contributed by atoms with van der Waals surface area (Å²) >= 11 is 0. The van der Waals surface area contributed by atoms with Crippen LogP contribution in [-0.4, -0.2) is 26.6 Å². The molecule has 1 aromatic carbocycles. The molecule has 0 unspecified atom stereocenters. The standard InChI is InChI=1S/C17H18N4O2/c1-20-14-7-6-12(11-15(14)21(2)17(20)23)8-10-19-16(22)13-5-3-4-9-18-13/h3-7,9,11H,8,10H2,1-2H3,(H,19,22). The average Bonchev–Trinajstić information content (AvgIpc) is 2.80. The van der Waals surface area contributed by atoms with Crippen LogP contribution in [0.25, 0.3) is 11.0 Å². The van der Waals surface area contributed by atoms with Crippen LogP contribution in [0.4, 0.5) is 0 Å². The van der Waals surface area contributed by atoms with Crippen molar-refractivity contribution < 1.29 is 4.79 Å². The summed E-state index contributed by atoms with van der Waals surface area (Å²) in [4.78, 5) is 27.9. The highest BCUT2D eigenvalue weighted by atomic mass is 16.2. The molecule has 118 valence electrons. The zero-order valence-corrected chi connectivity index (χ0v) is 13.1. The second-order valence-corrected chi connectivity index (χ2v) is 5.44. The lowest BCUT2D eigenvalue weighted by Gasteiger charge is -2.05. The molecule has 0 bridgehead atoms. The van der Waals surface area contributed by atoms with Crippen LogP contribution in [0, 0.1) is 0 Å². The van der Waals surface area contributed by atoms with E-state index in [2.05, 4.69) is 10.3 Å². The second-order valence-electron chi connectivity index (χ2n) is 5.44. The van der Waals surface area contributed by atoms with Gasteiger partial charge in [0, 0.05) is 26.8 Å². The van der Waals surface area contributed by atoms with Crippen LogP contribution in [0.1, 0.15) is 16.1 Å². The summed E-state index contributed by atoms with van der Waals surface area (Å²) in [6.07, 6.45) is 2.29. The predicted molar refractivity (Wildman–Crippen MR) is 88.4 cm³/mol. The van der Waals surface area contributed by atoms with Crippen molar-refractivity contribution in [2.45, 2.75) is 6.42 Å². The number of benzene rings is 1. The van der Waals surface area contributed by atoms with Crippen molar-refractivity contribution in [2.75, 3.05) is 6.54 Å². The molecule has 1 N–H and O–H groups in total. The molecular formula is C17H18N4O2. The molecule has 0 aliphatic carbocycles. The molecule has 3 aromatic rings. The van der Waals surface area contributed by atoms with E-state index in [1.165, 1.54) is 0 Å². The number of nitrogens with zero attached hydrogens (tertiary/aromatic N) is 3. The van der Waals surface area contributed by atoms with Crippen LogP contribution in [-0.2, 0) is 20.5 Å². The van der Waals surface area contributed by atoms with Crippen LogP contribution in [0.3, 0.4) is 0 Å². The van der Waals surface area contributed by atoms with E-state index >= 15 is 0 Å². The molecule has 0 saturated carbocycles. The summed E-state index contributed by atoms with van der Waals surface area (Å²) < 4.78 is 3.26. The Balaban J connectivity index is 1.69. The monoisotopic (exact) mass is 310 g/mol. The lowest BCUT2D eigenvalue weighted by Crippen LogP contribution is -2.26. The number of aromatic nitrogens is 3. The molecular weight excluding hydrogens is 292 g/mol. The minimum Gasteiger partial charge on any atom is -0.350 e. The number of carbonyl (C=O) groups excluding carboxylic acids is 1. The molecule has 0 saturated heterocycles. The molecule has 0 atom stereocenters. The zero-order valence-electron chi connectivity index (χ0n) is 13.1. The molecule has 3 rings (SSSR count). The quantitative estimate of drug-likeness (QED) is 0.788. The normalized spacial score (nSPS) is 10.9. The summed E-state index contributed by atoms with van der Waals surface area (Å²) in [5.74, 6) is -0.182. The second kappa shape index (κ2) is 6.08. The average molecular weight is 310 g/mol. The Morgan fingerprint density at radius 1 is 1.13 bits per heavy atom. The molecule has 23 heavy (non-hydrogen) atoms. The first-order valence-corrected chi connectivity index (χ1v) is 7.41. The molecule has 0 spiro atoms. The van der Waals surface area contributed by atoms with Gasteiger partial charge in [-0.05, 0) is 36.2 Å². The number of nitrogens with one attached hydrogen (secondary N) is 1. The van der Waals surface area contributed by atoms with Crippen molar-refractivity contribution in [3.8, 4) is 0 Å². The number of pyridine rings is 1. The molecule has 0 aliphatic rings. The van der Waals surface area contributed by atoms with E-state index in [0.29, 0.717) is 18.7 Å². The maximum atomic E-state index is 11.9. The van der Waals surface area contributed by atoms with Gasteiger partial charge in [0.15, 0.2) is 0 Å². The van der Waals surface area contributed by atoms with Crippen LogP contribution >= 0.6 is 0 Å². The molecule has 2 heterocycles. The predicted octanol–water partition coefficient (Wildman–Crippen LogP) is 1.24. The van der Waals surface area contributed by atoms with Crippen LogP contribution in [0.2, 0.25) is 0 Å². The van der Waals surface area contributed by atoms with Gasteiger partial charge in [-0.3, -0.25) is 18.9 Å². The fraction of sp³-hybridized carbons (Fsp3) is 0.235. The Kier molecular flexibility index (Phi) is 3.97. The minimum atomic E-state index is -0.182. The number of imidazole rings is 1. The number of amides is 1. The van der Waals surface area contributed by atoms with E-state index in [9.17, 15) is 9.59 Å². The molecule has 0 fully saturated rings. The van der Waals surface area contributed by atoms with E-state index in [1.54, 1.807) is 47.6 Å². The first-order chi connectivity index (χ1) is 11.1. The smallest absolute Gasteiger partial charge is 0.328 e. The van der Waals surface area contributed by atoms with Crippen molar-refractivity contribution >= 4 is 16.9 Å². The Hall–Kier alpha value is -2.89. The fourth-order valence-electron chi connectivity index (χ4n) is 2.62. The van der Waals surface area contributed by atoms with Gasteiger partial charge >= 0.3 is 5.69 Å². The summed E-state index contributed by atoms with van der Waals surface area (Å²) in [6.45, 7) is 0.516. The molecule has 0 radical (unpaired) electrons. The van der Waals surface area contributed by atoms with Crippen LogP contribution in [0.5, 0.6) is 0 Å². The summed E-state index contributed by atoms with van der Waals surface area (Å²) in [7, 11) is 3.52. The van der Waals surface area contributed by atoms with Gasteiger partial charge in [-0.15, -0.1) is 0 Å². The molecule has 2 aromatic heterocycles. The zero-order chi connectivity index (χ0) is 16.4. The maximum Gasteiger partial charge on any atom is 0.328 e. The number of carbonyl (C=O) groups is 1. The largest absolute Gasteiger partial charge is 0.350 e. The van der Waals surface area contributed by atoms with E-state index in [0.717, 1.165) is 16.6 Å². The van der Waals surface area contributed by atoms with Gasteiger partial charge in [0.1, 0.15) is 5.69 Å². The van der Waals surface area contributed by atoms with Crippen LogP contribution in [0.15, 0.2) is 47.4 Å². The number of aryl methyl sites for hydroxylation is 2. The van der Waals surface area contributed by atoms with Gasteiger partial charge in [-0.2, -0.15) is 0 Å². The highest BCUT2D eigenvalue weighted by Crippen LogP contribution is 2.14. The highest BCUT2D eigenvalue weighted by molar-refractivity contribution is 5.92. The third kappa shape index (κ3) is 2.88. The van der Waals surface area contributed by atoms with Crippen molar-refractivity contribution in [3.05, 3.63) is 64.3 Å². The van der Waals surface area contributed by atoms with Crippen molar-refractivity contribution in [2.24, 2.45) is 14.1 Å². The van der Waals surface area contributed by atoms with E-state index < -0.39 is 0 Å². The Morgan fingerprint density at radius 2 is 1.91 bits per heavy atom. The highest BCUT2D eigenvalue weighted by Gasteiger charge is 2.09. The van der Waals surface area contributed by atoms with Crippen molar-refractivity contribution in [1.82, 2.24) is 19.4 Å². The summed E-state index contributed by atoms with van der Waals surface area (Å²) in [5.41, 5.74) is 3.24. The van der Waals surface area contributed by atoms with Gasteiger partial charge in [0.05, 0.1) is 11.0 Å². The first-order valence-electron chi connectivity index (χ1n) is 7.41. The van der Waals surface area contributed by atoms with Gasteiger partial charge in [-0.25, -0.2) is 4.79 Å². The number of hydrogen-bond donors (Lipinski definition) is 1. The number of hydrogen-bond acceptors (Lipinski definition) is 3. The third-order valence-electron chi connectivity index (χ3n) is 3.93. The van der Waals surface area contributed by atoms with E-state index in [1.807, 2.05) is 18.2 Å². The van der Waals surface area contributed by atoms with Gasteiger partial charge in [-0.1, -0.05) is 12.1 Å².